The number of nitrogens with one attached hydrogen (secondary N) is 1. The van der Waals surface area contributed by atoms with E-state index < -0.39 is 0 Å². The maximum absolute atomic E-state index is 12.1. The summed E-state index contributed by atoms with van der Waals surface area (Å²) < 4.78 is 0.940. The molecular formula is C17H14BrNO2. The molecule has 0 unspecified atom stereocenters. The van der Waals surface area contributed by atoms with Gasteiger partial charge in [0, 0.05) is 22.6 Å². The van der Waals surface area contributed by atoms with E-state index >= 15 is 0 Å². The summed E-state index contributed by atoms with van der Waals surface area (Å²) in [5.74, 6) is -0.219. The first-order valence-corrected chi connectivity index (χ1v) is 7.20. The molecule has 2 aromatic carbocycles. The average molecular weight is 344 g/mol. The molecule has 2 rings (SSSR count). The van der Waals surface area contributed by atoms with Crippen LogP contribution in [0.4, 0.5) is 5.69 Å². The number of allylic oxidation sites excluding steroid dienone is 1. The average Bonchev–Trinajstić information content (AvgIpc) is 2.46. The van der Waals surface area contributed by atoms with Crippen LogP contribution in [0.25, 0.3) is 6.08 Å². The van der Waals surface area contributed by atoms with Crippen molar-refractivity contribution in [1.29, 1.82) is 0 Å². The van der Waals surface area contributed by atoms with Crippen molar-refractivity contribution in [3.05, 3.63) is 70.2 Å². The highest BCUT2D eigenvalue weighted by atomic mass is 79.9. The summed E-state index contributed by atoms with van der Waals surface area (Å²) in [4.78, 5) is 23.0. The molecule has 0 atom stereocenters. The van der Waals surface area contributed by atoms with Gasteiger partial charge in [0.05, 0.1) is 0 Å². The zero-order valence-electron chi connectivity index (χ0n) is 11.5. The number of hydrogen-bond donors (Lipinski definition) is 1. The summed E-state index contributed by atoms with van der Waals surface area (Å²) in [5.41, 5.74) is 2.20. The molecule has 0 spiro atoms. The van der Waals surface area contributed by atoms with E-state index in [-0.39, 0.29) is 11.7 Å². The Morgan fingerprint density at radius 2 is 1.71 bits per heavy atom. The molecule has 1 amide bonds. The van der Waals surface area contributed by atoms with Crippen LogP contribution in [0.2, 0.25) is 0 Å². The van der Waals surface area contributed by atoms with Crippen molar-refractivity contribution in [3.8, 4) is 0 Å². The van der Waals surface area contributed by atoms with Crippen LogP contribution in [-0.2, 0) is 4.79 Å². The van der Waals surface area contributed by atoms with Gasteiger partial charge >= 0.3 is 0 Å². The van der Waals surface area contributed by atoms with Crippen LogP contribution in [0, 0.1) is 0 Å². The van der Waals surface area contributed by atoms with Crippen molar-refractivity contribution in [3.63, 3.8) is 0 Å². The van der Waals surface area contributed by atoms with Crippen LogP contribution in [0.15, 0.2) is 59.1 Å². The molecule has 0 aliphatic carbocycles. The molecule has 0 aliphatic heterocycles. The van der Waals surface area contributed by atoms with E-state index in [0.717, 1.165) is 10.0 Å². The number of carbonyl (C=O) groups is 2. The van der Waals surface area contributed by atoms with E-state index in [1.807, 2.05) is 24.3 Å². The summed E-state index contributed by atoms with van der Waals surface area (Å²) in [5, 5.41) is 2.66. The summed E-state index contributed by atoms with van der Waals surface area (Å²) in [7, 11) is 0. The molecule has 0 radical (unpaired) electrons. The van der Waals surface area contributed by atoms with E-state index in [2.05, 4.69) is 21.2 Å². The third-order valence-corrected chi connectivity index (χ3v) is 3.53. The van der Waals surface area contributed by atoms with E-state index in [9.17, 15) is 9.59 Å². The van der Waals surface area contributed by atoms with Gasteiger partial charge in [-0.3, -0.25) is 9.59 Å². The molecule has 2 aromatic rings. The lowest BCUT2D eigenvalue weighted by molar-refractivity contribution is -0.114. The highest BCUT2D eigenvalue weighted by Crippen LogP contribution is 2.18. The SMILES string of the molecule is CC(=O)Nc1ccc(C(=O)/C=C/c2ccccc2Br)cc1. The smallest absolute Gasteiger partial charge is 0.221 e. The monoisotopic (exact) mass is 343 g/mol. The standard InChI is InChI=1S/C17H14BrNO2/c1-12(20)19-15-9-6-14(7-10-15)17(21)11-8-13-4-2-3-5-16(13)18/h2-11H,1H3,(H,19,20)/b11-8+. The van der Waals surface area contributed by atoms with Crippen molar-refractivity contribution in [2.24, 2.45) is 0 Å². The lowest BCUT2D eigenvalue weighted by Gasteiger charge is -2.02. The van der Waals surface area contributed by atoms with Gasteiger partial charge in [-0.25, -0.2) is 0 Å². The second-order valence-electron chi connectivity index (χ2n) is 4.48. The first-order chi connectivity index (χ1) is 10.1. The number of carbonyl (C=O) groups excluding carboxylic acids is 2. The van der Waals surface area contributed by atoms with Gasteiger partial charge in [-0.15, -0.1) is 0 Å². The Kier molecular flexibility index (Phi) is 5.06. The van der Waals surface area contributed by atoms with Crippen LogP contribution in [-0.4, -0.2) is 11.7 Å². The van der Waals surface area contributed by atoms with Gasteiger partial charge in [-0.05, 0) is 48.0 Å². The molecule has 0 saturated carbocycles. The fourth-order valence-corrected chi connectivity index (χ4v) is 2.21. The van der Waals surface area contributed by atoms with Crippen molar-refractivity contribution in [2.45, 2.75) is 6.92 Å². The highest BCUT2D eigenvalue weighted by Gasteiger charge is 2.03. The largest absolute Gasteiger partial charge is 0.326 e. The van der Waals surface area contributed by atoms with Crippen molar-refractivity contribution in [1.82, 2.24) is 0 Å². The topological polar surface area (TPSA) is 46.2 Å². The van der Waals surface area contributed by atoms with Gasteiger partial charge < -0.3 is 5.32 Å². The molecule has 0 bridgehead atoms. The Morgan fingerprint density at radius 3 is 2.33 bits per heavy atom. The van der Waals surface area contributed by atoms with Crippen molar-refractivity contribution in [2.75, 3.05) is 5.32 Å². The van der Waals surface area contributed by atoms with Gasteiger partial charge in [-0.1, -0.05) is 34.1 Å². The van der Waals surface area contributed by atoms with Crippen molar-refractivity contribution >= 4 is 39.4 Å². The van der Waals surface area contributed by atoms with Crippen LogP contribution in [0.1, 0.15) is 22.8 Å². The zero-order chi connectivity index (χ0) is 15.2. The second kappa shape index (κ2) is 6.99. The van der Waals surface area contributed by atoms with Crippen molar-refractivity contribution < 1.29 is 9.59 Å². The number of benzene rings is 2. The minimum Gasteiger partial charge on any atom is -0.326 e. The Morgan fingerprint density at radius 1 is 1.05 bits per heavy atom. The number of hydrogen-bond acceptors (Lipinski definition) is 2. The summed E-state index contributed by atoms with van der Waals surface area (Å²) >= 11 is 3.43. The molecule has 3 nitrogen and oxygen atoms in total. The molecule has 0 aromatic heterocycles. The number of rotatable bonds is 4. The first-order valence-electron chi connectivity index (χ1n) is 6.41. The predicted molar refractivity (Wildman–Crippen MR) is 88.3 cm³/mol. The van der Waals surface area contributed by atoms with E-state index in [1.165, 1.54) is 13.0 Å². The van der Waals surface area contributed by atoms with E-state index in [1.54, 1.807) is 30.3 Å². The summed E-state index contributed by atoms with van der Waals surface area (Å²) in [6.45, 7) is 1.44. The van der Waals surface area contributed by atoms with Gasteiger partial charge in [-0.2, -0.15) is 0 Å². The summed E-state index contributed by atoms with van der Waals surface area (Å²) in [6.07, 6.45) is 3.31. The minimum absolute atomic E-state index is 0.0832. The van der Waals surface area contributed by atoms with Crippen LogP contribution in [0.3, 0.4) is 0 Å². The second-order valence-corrected chi connectivity index (χ2v) is 5.33. The predicted octanol–water partition coefficient (Wildman–Crippen LogP) is 4.30. The number of amides is 1. The van der Waals surface area contributed by atoms with E-state index in [0.29, 0.717) is 11.3 Å². The van der Waals surface area contributed by atoms with Gasteiger partial charge in [0.25, 0.3) is 0 Å². The molecule has 4 heteroatoms. The molecule has 106 valence electrons. The lowest BCUT2D eigenvalue weighted by atomic mass is 10.1. The van der Waals surface area contributed by atoms with Crippen LogP contribution in [0.5, 0.6) is 0 Å². The fraction of sp³-hybridized carbons (Fsp3) is 0.0588. The quantitative estimate of drug-likeness (QED) is 0.664. The maximum atomic E-state index is 12.1. The molecule has 0 heterocycles. The number of halogens is 1. The van der Waals surface area contributed by atoms with E-state index in [4.69, 9.17) is 0 Å². The highest BCUT2D eigenvalue weighted by molar-refractivity contribution is 9.10. The molecule has 1 N–H and O–H groups in total. The number of anilines is 1. The third kappa shape index (κ3) is 4.39. The molecule has 0 aliphatic rings. The Labute approximate surface area is 131 Å². The Hall–Kier alpha value is -2.20. The van der Waals surface area contributed by atoms with Gasteiger partial charge in [0.1, 0.15) is 0 Å². The molecular weight excluding hydrogens is 330 g/mol. The first kappa shape index (κ1) is 15.2. The maximum Gasteiger partial charge on any atom is 0.221 e. The molecule has 21 heavy (non-hydrogen) atoms. The van der Waals surface area contributed by atoms with Crippen LogP contribution < -0.4 is 5.32 Å². The Balaban J connectivity index is 2.10. The third-order valence-electron chi connectivity index (χ3n) is 2.81. The Bertz CT molecular complexity index is 690. The fourth-order valence-electron chi connectivity index (χ4n) is 1.79. The summed E-state index contributed by atoms with van der Waals surface area (Å²) in [6, 6.07) is 14.5. The van der Waals surface area contributed by atoms with Gasteiger partial charge in [0.15, 0.2) is 5.78 Å². The zero-order valence-corrected chi connectivity index (χ0v) is 13.1. The minimum atomic E-state index is -0.136. The molecule has 0 fully saturated rings. The normalized spacial score (nSPS) is 10.6. The van der Waals surface area contributed by atoms with Gasteiger partial charge in [0.2, 0.25) is 5.91 Å². The lowest BCUT2D eigenvalue weighted by Crippen LogP contribution is -2.05. The van der Waals surface area contributed by atoms with Crippen LogP contribution >= 0.6 is 15.9 Å². The molecule has 0 saturated heterocycles. The number of ketones is 1.